The van der Waals surface area contributed by atoms with Gasteiger partial charge in [-0.25, -0.2) is 4.39 Å². The van der Waals surface area contributed by atoms with Gasteiger partial charge in [0.25, 0.3) is 0 Å². The van der Waals surface area contributed by atoms with Crippen LogP contribution in [0.4, 0.5) is 4.39 Å². The summed E-state index contributed by atoms with van der Waals surface area (Å²) in [6.07, 6.45) is 13.2. The van der Waals surface area contributed by atoms with Crippen molar-refractivity contribution in [1.29, 1.82) is 0 Å². The van der Waals surface area contributed by atoms with E-state index in [1.165, 1.54) is 16.7 Å². The van der Waals surface area contributed by atoms with Gasteiger partial charge in [-0.2, -0.15) is 0 Å². The molecule has 0 fully saturated rings. The first-order valence-electron chi connectivity index (χ1n) is 8.84. The summed E-state index contributed by atoms with van der Waals surface area (Å²) in [6.45, 7) is 10.6. The van der Waals surface area contributed by atoms with E-state index in [4.69, 9.17) is 5.73 Å². The molecule has 0 unspecified atom stereocenters. The van der Waals surface area contributed by atoms with E-state index < -0.39 is 0 Å². The monoisotopic (exact) mass is 328 g/mol. The zero-order chi connectivity index (χ0) is 17.7. The predicted molar refractivity (Wildman–Crippen MR) is 100 cm³/mol. The Morgan fingerprint density at radius 3 is 2.50 bits per heavy atom. The van der Waals surface area contributed by atoms with Crippen LogP contribution in [0.5, 0.6) is 0 Å². The van der Waals surface area contributed by atoms with Crippen molar-refractivity contribution < 1.29 is 4.39 Å². The molecule has 0 saturated heterocycles. The zero-order valence-corrected chi connectivity index (χ0v) is 15.2. The fourth-order valence-electron chi connectivity index (χ4n) is 3.20. The molecular weight excluding hydrogens is 299 g/mol. The van der Waals surface area contributed by atoms with E-state index in [-0.39, 0.29) is 11.5 Å². The molecular formula is C21H29FN2. The molecule has 0 aromatic heterocycles. The molecule has 1 heterocycles. The van der Waals surface area contributed by atoms with Crippen LogP contribution in [0, 0.1) is 0 Å². The Bertz CT molecular complexity index is 659. The molecule has 130 valence electrons. The standard InChI is InChI=1S/C21H29FN2/c1-5-7-17-10-19(12-21(23)20(22)11-17)24-13-15(3)9-16(4)18(14-24)8-6-2/h11-14H,4-10,23H2,1-3H3. The minimum Gasteiger partial charge on any atom is -0.396 e. The molecule has 0 aromatic rings. The maximum atomic E-state index is 14.1. The number of hydrogen-bond donors (Lipinski definition) is 1. The SMILES string of the molecule is C=C1CC(C)=CN(C2=CC(N)=C(F)C=C(CCC)C2)C=C1CCC. The fourth-order valence-corrected chi connectivity index (χ4v) is 3.20. The van der Waals surface area contributed by atoms with Gasteiger partial charge in [-0.3, -0.25) is 0 Å². The first-order valence-corrected chi connectivity index (χ1v) is 8.84. The van der Waals surface area contributed by atoms with E-state index in [0.717, 1.165) is 43.4 Å². The van der Waals surface area contributed by atoms with Gasteiger partial charge in [-0.1, -0.05) is 44.4 Å². The molecule has 0 amide bonds. The van der Waals surface area contributed by atoms with Gasteiger partial charge >= 0.3 is 0 Å². The van der Waals surface area contributed by atoms with Crippen LogP contribution >= 0.6 is 0 Å². The van der Waals surface area contributed by atoms with E-state index in [1.54, 1.807) is 12.2 Å². The lowest BCUT2D eigenvalue weighted by atomic mass is 9.99. The summed E-state index contributed by atoms with van der Waals surface area (Å²) in [7, 11) is 0. The first kappa shape index (κ1) is 18.3. The van der Waals surface area contributed by atoms with Gasteiger partial charge in [0.2, 0.25) is 0 Å². The Kier molecular flexibility index (Phi) is 6.24. The van der Waals surface area contributed by atoms with Crippen molar-refractivity contribution in [3.63, 3.8) is 0 Å². The van der Waals surface area contributed by atoms with E-state index in [1.807, 2.05) is 0 Å². The minimum atomic E-state index is -0.328. The Labute approximate surface area is 145 Å². The van der Waals surface area contributed by atoms with Crippen molar-refractivity contribution in [1.82, 2.24) is 4.90 Å². The molecule has 3 heteroatoms. The molecule has 0 bridgehead atoms. The highest BCUT2D eigenvalue weighted by molar-refractivity contribution is 5.41. The van der Waals surface area contributed by atoms with Gasteiger partial charge in [0.15, 0.2) is 0 Å². The Balaban J connectivity index is 2.43. The van der Waals surface area contributed by atoms with Gasteiger partial charge in [-0.15, -0.1) is 0 Å². The third-order valence-corrected chi connectivity index (χ3v) is 4.36. The lowest BCUT2D eigenvalue weighted by Gasteiger charge is -2.22. The summed E-state index contributed by atoms with van der Waals surface area (Å²) in [6, 6.07) is 0. The summed E-state index contributed by atoms with van der Waals surface area (Å²) < 4.78 is 14.1. The van der Waals surface area contributed by atoms with Gasteiger partial charge in [0.1, 0.15) is 5.83 Å². The largest absolute Gasteiger partial charge is 0.396 e. The van der Waals surface area contributed by atoms with E-state index in [2.05, 4.69) is 44.6 Å². The van der Waals surface area contributed by atoms with Crippen molar-refractivity contribution in [2.45, 2.75) is 59.3 Å². The van der Waals surface area contributed by atoms with Crippen molar-refractivity contribution in [3.05, 3.63) is 70.6 Å². The average molecular weight is 328 g/mol. The van der Waals surface area contributed by atoms with Crippen LogP contribution in [0.15, 0.2) is 70.6 Å². The Morgan fingerprint density at radius 2 is 1.83 bits per heavy atom. The van der Waals surface area contributed by atoms with Crippen LogP contribution < -0.4 is 5.73 Å². The second-order valence-corrected chi connectivity index (χ2v) is 6.74. The van der Waals surface area contributed by atoms with Crippen LogP contribution in [-0.2, 0) is 0 Å². The summed E-state index contributed by atoms with van der Waals surface area (Å²) in [5.41, 5.74) is 11.9. The molecule has 2 nitrogen and oxygen atoms in total. The quantitative estimate of drug-likeness (QED) is 0.671. The third kappa shape index (κ3) is 4.50. The number of rotatable bonds is 5. The lowest BCUT2D eigenvalue weighted by molar-refractivity contribution is 0.590. The molecule has 1 aliphatic heterocycles. The third-order valence-electron chi connectivity index (χ3n) is 4.36. The van der Waals surface area contributed by atoms with Crippen molar-refractivity contribution in [3.8, 4) is 0 Å². The zero-order valence-electron chi connectivity index (χ0n) is 15.2. The lowest BCUT2D eigenvalue weighted by Crippen LogP contribution is -2.12. The summed E-state index contributed by atoms with van der Waals surface area (Å²) in [5.74, 6) is -0.328. The van der Waals surface area contributed by atoms with E-state index >= 15 is 0 Å². The molecule has 2 N–H and O–H groups in total. The van der Waals surface area contributed by atoms with Crippen LogP contribution in [0.2, 0.25) is 0 Å². The molecule has 0 radical (unpaired) electrons. The van der Waals surface area contributed by atoms with Crippen LogP contribution in [-0.4, -0.2) is 4.90 Å². The smallest absolute Gasteiger partial charge is 0.146 e. The maximum absolute atomic E-state index is 14.1. The van der Waals surface area contributed by atoms with Crippen LogP contribution in [0.25, 0.3) is 0 Å². The normalized spacial score (nSPS) is 19.3. The highest BCUT2D eigenvalue weighted by Gasteiger charge is 2.17. The van der Waals surface area contributed by atoms with Crippen LogP contribution in [0.1, 0.15) is 59.3 Å². The van der Waals surface area contributed by atoms with Crippen molar-refractivity contribution in [2.24, 2.45) is 5.73 Å². The molecule has 0 spiro atoms. The summed E-state index contributed by atoms with van der Waals surface area (Å²) in [4.78, 5) is 2.12. The molecule has 0 saturated carbocycles. The van der Waals surface area contributed by atoms with Gasteiger partial charge < -0.3 is 10.6 Å². The predicted octanol–water partition coefficient (Wildman–Crippen LogP) is 5.99. The number of allylic oxidation sites excluding steroid dienone is 7. The second-order valence-electron chi connectivity index (χ2n) is 6.74. The number of nitrogens with zero attached hydrogens (tertiary/aromatic N) is 1. The Morgan fingerprint density at radius 1 is 1.12 bits per heavy atom. The maximum Gasteiger partial charge on any atom is 0.146 e. The molecule has 0 aromatic carbocycles. The highest BCUT2D eigenvalue weighted by atomic mass is 19.1. The molecule has 2 rings (SSSR count). The topological polar surface area (TPSA) is 29.3 Å². The molecule has 1 aliphatic carbocycles. The van der Waals surface area contributed by atoms with Crippen molar-refractivity contribution >= 4 is 0 Å². The number of halogens is 1. The molecule has 24 heavy (non-hydrogen) atoms. The highest BCUT2D eigenvalue weighted by Crippen LogP contribution is 2.32. The summed E-state index contributed by atoms with van der Waals surface area (Å²) in [5, 5.41) is 0. The fraction of sp³-hybridized carbons (Fsp3) is 0.429. The molecule has 0 atom stereocenters. The van der Waals surface area contributed by atoms with Gasteiger partial charge in [0.05, 0.1) is 5.70 Å². The Hall–Kier alpha value is -2.03. The van der Waals surface area contributed by atoms with Gasteiger partial charge in [0, 0.05) is 24.5 Å². The average Bonchev–Trinajstić information content (AvgIpc) is 2.74. The second kappa shape index (κ2) is 8.18. The first-order chi connectivity index (χ1) is 11.4. The van der Waals surface area contributed by atoms with Gasteiger partial charge in [-0.05, 0) is 49.5 Å². The minimum absolute atomic E-state index is 0.204. The number of nitrogens with two attached hydrogens (primary N) is 1. The van der Waals surface area contributed by atoms with Crippen molar-refractivity contribution in [2.75, 3.05) is 0 Å². The molecule has 2 aliphatic rings. The van der Waals surface area contributed by atoms with E-state index in [9.17, 15) is 4.39 Å². The van der Waals surface area contributed by atoms with E-state index in [0.29, 0.717) is 6.42 Å². The number of hydrogen-bond acceptors (Lipinski definition) is 2. The summed E-state index contributed by atoms with van der Waals surface area (Å²) >= 11 is 0. The van der Waals surface area contributed by atoms with Crippen LogP contribution in [0.3, 0.4) is 0 Å².